The zero-order valence-electron chi connectivity index (χ0n) is 4.28. The van der Waals surface area contributed by atoms with Crippen LogP contribution in [0.25, 0.3) is 0 Å². The molecule has 0 atom stereocenters. The summed E-state index contributed by atoms with van der Waals surface area (Å²) < 4.78 is 0. The van der Waals surface area contributed by atoms with Crippen molar-refractivity contribution in [1.29, 1.82) is 0 Å². The lowest BCUT2D eigenvalue weighted by molar-refractivity contribution is 0.885. The number of hydrogen-bond donors (Lipinski definition) is 2. The van der Waals surface area contributed by atoms with Gasteiger partial charge in [-0.1, -0.05) is 0 Å². The van der Waals surface area contributed by atoms with Crippen LogP contribution in [0.4, 0.5) is 0 Å². The van der Waals surface area contributed by atoms with Gasteiger partial charge in [0.25, 0.3) is 0 Å². The molecule has 0 fully saturated rings. The van der Waals surface area contributed by atoms with Gasteiger partial charge in [-0.25, -0.2) is 0 Å². The first-order valence-electron chi connectivity index (χ1n) is 2.53. The molecule has 0 spiro atoms. The van der Waals surface area contributed by atoms with E-state index in [1.165, 1.54) is 0 Å². The van der Waals surface area contributed by atoms with Gasteiger partial charge in [-0.2, -0.15) is 0 Å². The summed E-state index contributed by atoms with van der Waals surface area (Å²) in [6, 6.07) is 0. The smallest absolute Gasteiger partial charge is 0.0271 e. The average Bonchev–Trinajstić information content (AvgIpc) is 1.91. The molecule has 1 rings (SSSR count). The Morgan fingerprint density at radius 3 is 1.57 bits per heavy atom. The predicted octanol–water partition coefficient (Wildman–Crippen LogP) is 0.299. The van der Waals surface area contributed by atoms with Gasteiger partial charge in [-0.05, 0) is 19.3 Å². The molecule has 2 heteroatoms. The van der Waals surface area contributed by atoms with E-state index < -0.39 is 0 Å². The summed E-state index contributed by atoms with van der Waals surface area (Å²) in [6.07, 6.45) is 3.16. The van der Waals surface area contributed by atoms with Crippen molar-refractivity contribution in [2.45, 2.75) is 19.3 Å². The van der Waals surface area contributed by atoms with E-state index in [4.69, 9.17) is 11.5 Å². The molecule has 1 aliphatic rings. The van der Waals surface area contributed by atoms with Crippen molar-refractivity contribution in [3.05, 3.63) is 11.4 Å². The van der Waals surface area contributed by atoms with Crippen LogP contribution in [0.2, 0.25) is 0 Å². The highest BCUT2D eigenvalue weighted by Crippen LogP contribution is 2.16. The van der Waals surface area contributed by atoms with Crippen LogP contribution in [0.3, 0.4) is 0 Å². The Balaban J connectivity index is 2.64. The molecule has 4 N–H and O–H groups in total. The monoisotopic (exact) mass is 98.1 g/mol. The van der Waals surface area contributed by atoms with Gasteiger partial charge in [0.15, 0.2) is 0 Å². The molecule has 0 aromatic rings. The highest BCUT2D eigenvalue weighted by atomic mass is 14.7. The summed E-state index contributed by atoms with van der Waals surface area (Å²) in [5.41, 5.74) is 12.7. The summed E-state index contributed by atoms with van der Waals surface area (Å²) in [6.45, 7) is 0. The second-order valence-electron chi connectivity index (χ2n) is 1.90. The molecule has 7 heavy (non-hydrogen) atoms. The first kappa shape index (κ1) is 4.50. The van der Waals surface area contributed by atoms with Crippen LogP contribution >= 0.6 is 0 Å². The Hall–Kier alpha value is -0.660. The molecule has 1 aliphatic carbocycles. The minimum atomic E-state index is 0.903. The molecule has 0 saturated carbocycles. The van der Waals surface area contributed by atoms with E-state index in [0.717, 1.165) is 30.7 Å². The van der Waals surface area contributed by atoms with E-state index in [1.807, 2.05) is 0 Å². The van der Waals surface area contributed by atoms with Crippen LogP contribution in [0.15, 0.2) is 11.4 Å². The first-order chi connectivity index (χ1) is 3.30. The number of hydrogen-bond acceptors (Lipinski definition) is 2. The zero-order valence-corrected chi connectivity index (χ0v) is 4.28. The Kier molecular flexibility index (Phi) is 0.929. The molecular weight excluding hydrogens is 88.1 g/mol. The van der Waals surface area contributed by atoms with E-state index in [2.05, 4.69) is 0 Å². The van der Waals surface area contributed by atoms with E-state index >= 15 is 0 Å². The van der Waals surface area contributed by atoms with E-state index in [-0.39, 0.29) is 0 Å². The molecule has 40 valence electrons. The number of nitrogens with two attached hydrogens (primary N) is 2. The van der Waals surface area contributed by atoms with Crippen LogP contribution in [-0.2, 0) is 0 Å². The topological polar surface area (TPSA) is 52.0 Å². The summed E-state index contributed by atoms with van der Waals surface area (Å²) >= 11 is 0. The molecule has 0 bridgehead atoms. The molecule has 0 unspecified atom stereocenters. The maximum atomic E-state index is 5.43. The lowest BCUT2D eigenvalue weighted by Gasteiger charge is -1.89. The van der Waals surface area contributed by atoms with E-state index in [0.29, 0.717) is 0 Å². The summed E-state index contributed by atoms with van der Waals surface area (Å²) in [7, 11) is 0. The third-order valence-corrected chi connectivity index (χ3v) is 1.30. The fourth-order valence-electron chi connectivity index (χ4n) is 0.790. The van der Waals surface area contributed by atoms with Crippen molar-refractivity contribution >= 4 is 0 Å². The van der Waals surface area contributed by atoms with Gasteiger partial charge in [-0.15, -0.1) is 0 Å². The van der Waals surface area contributed by atoms with Gasteiger partial charge in [0, 0.05) is 11.4 Å². The van der Waals surface area contributed by atoms with Crippen LogP contribution in [0, 0.1) is 0 Å². The zero-order chi connectivity index (χ0) is 5.28. The fourth-order valence-corrected chi connectivity index (χ4v) is 0.790. The lowest BCUT2D eigenvalue weighted by atomic mass is 10.3. The minimum Gasteiger partial charge on any atom is -0.401 e. The summed E-state index contributed by atoms with van der Waals surface area (Å²) in [4.78, 5) is 0. The highest BCUT2D eigenvalue weighted by Gasteiger charge is 2.05. The SMILES string of the molecule is NC1=C(N)CCC1. The quantitative estimate of drug-likeness (QED) is 0.458. The summed E-state index contributed by atoms with van der Waals surface area (Å²) in [5, 5.41) is 0. The van der Waals surface area contributed by atoms with Gasteiger partial charge in [0.2, 0.25) is 0 Å². The van der Waals surface area contributed by atoms with Crippen LogP contribution in [0.1, 0.15) is 19.3 Å². The Labute approximate surface area is 43.2 Å². The summed E-state index contributed by atoms with van der Waals surface area (Å²) in [5.74, 6) is 0. The molecule has 0 aliphatic heterocycles. The van der Waals surface area contributed by atoms with E-state index in [9.17, 15) is 0 Å². The molecule has 0 aromatic heterocycles. The molecular formula is C5H10N2. The largest absolute Gasteiger partial charge is 0.401 e. The Morgan fingerprint density at radius 2 is 1.43 bits per heavy atom. The third kappa shape index (κ3) is 0.683. The molecule has 0 radical (unpaired) electrons. The molecule has 2 nitrogen and oxygen atoms in total. The van der Waals surface area contributed by atoms with Gasteiger partial charge in [0.1, 0.15) is 0 Å². The van der Waals surface area contributed by atoms with Crippen molar-refractivity contribution in [3.63, 3.8) is 0 Å². The van der Waals surface area contributed by atoms with Crippen LogP contribution in [-0.4, -0.2) is 0 Å². The van der Waals surface area contributed by atoms with Crippen molar-refractivity contribution in [2.75, 3.05) is 0 Å². The van der Waals surface area contributed by atoms with Gasteiger partial charge < -0.3 is 11.5 Å². The molecule has 0 aromatic carbocycles. The molecule has 0 saturated heterocycles. The van der Waals surface area contributed by atoms with Crippen LogP contribution in [0.5, 0.6) is 0 Å². The third-order valence-electron chi connectivity index (χ3n) is 1.30. The Bertz CT molecular complexity index is 92.6. The normalized spacial score (nSPS) is 21.1. The van der Waals surface area contributed by atoms with Gasteiger partial charge in [0.05, 0.1) is 0 Å². The van der Waals surface area contributed by atoms with Crippen molar-refractivity contribution in [3.8, 4) is 0 Å². The molecule has 0 amide bonds. The van der Waals surface area contributed by atoms with Crippen molar-refractivity contribution in [2.24, 2.45) is 11.5 Å². The maximum absolute atomic E-state index is 5.43. The van der Waals surface area contributed by atoms with Crippen molar-refractivity contribution < 1.29 is 0 Å². The minimum absolute atomic E-state index is 0.903. The van der Waals surface area contributed by atoms with Crippen molar-refractivity contribution in [1.82, 2.24) is 0 Å². The number of rotatable bonds is 0. The van der Waals surface area contributed by atoms with Gasteiger partial charge in [-0.3, -0.25) is 0 Å². The first-order valence-corrected chi connectivity index (χ1v) is 2.53. The average molecular weight is 98.1 g/mol. The van der Waals surface area contributed by atoms with Gasteiger partial charge >= 0.3 is 0 Å². The second-order valence-corrected chi connectivity index (χ2v) is 1.90. The lowest BCUT2D eigenvalue weighted by Crippen LogP contribution is -2.02. The maximum Gasteiger partial charge on any atom is 0.0271 e. The molecule has 0 heterocycles. The predicted molar refractivity (Wildman–Crippen MR) is 29.3 cm³/mol. The fraction of sp³-hybridized carbons (Fsp3) is 0.600. The number of allylic oxidation sites excluding steroid dienone is 2. The standard InChI is InChI=1S/C5H10N2/c6-4-2-1-3-5(4)7/h1-3,6-7H2. The Morgan fingerprint density at radius 1 is 1.00 bits per heavy atom. The van der Waals surface area contributed by atoms with Crippen LogP contribution < -0.4 is 11.5 Å². The van der Waals surface area contributed by atoms with E-state index in [1.54, 1.807) is 0 Å². The second kappa shape index (κ2) is 1.45. The highest BCUT2D eigenvalue weighted by molar-refractivity contribution is 5.12.